The summed E-state index contributed by atoms with van der Waals surface area (Å²) in [6.45, 7) is 5.82. The molecule has 10 nitrogen and oxygen atoms in total. The van der Waals surface area contributed by atoms with Crippen LogP contribution in [0.2, 0.25) is 0 Å². The highest BCUT2D eigenvalue weighted by Crippen LogP contribution is 2.32. The number of carbonyl (C=O) groups is 1. The predicted molar refractivity (Wildman–Crippen MR) is 159 cm³/mol. The van der Waals surface area contributed by atoms with Crippen molar-refractivity contribution >= 4 is 31.7 Å². The van der Waals surface area contributed by atoms with E-state index in [2.05, 4.69) is 0 Å². The molecule has 0 atom stereocenters. The Morgan fingerprint density at radius 1 is 0.902 bits per heavy atom. The number of benzene rings is 3. The van der Waals surface area contributed by atoms with Gasteiger partial charge in [-0.3, -0.25) is 4.79 Å². The van der Waals surface area contributed by atoms with Gasteiger partial charge in [0.1, 0.15) is 34.5 Å². The van der Waals surface area contributed by atoms with E-state index in [1.54, 1.807) is 19.1 Å². The topological polar surface area (TPSA) is 142 Å². The van der Waals surface area contributed by atoms with Gasteiger partial charge in [-0.25, -0.2) is 17.9 Å². The van der Waals surface area contributed by atoms with Gasteiger partial charge in [-0.05, 0) is 97.5 Å². The first kappa shape index (κ1) is 31.9. The van der Waals surface area contributed by atoms with E-state index in [0.29, 0.717) is 24.5 Å². The SMILES string of the molecule is CCOC(=O)CN(c1ccc(OCc2cccc(-c3c(C)cc(OCCCS(C)(=O)=O)cc3C)c2)cc1)S(N)(=O)=O. The van der Waals surface area contributed by atoms with Gasteiger partial charge in [-0.15, -0.1) is 0 Å². The average molecular weight is 605 g/mol. The Bertz CT molecular complexity index is 1550. The number of ether oxygens (including phenoxy) is 3. The Labute approximate surface area is 242 Å². The standard InChI is InChI=1S/C29H36N2O8S2/c1-5-37-28(32)19-31(41(30,35)36)25-10-12-26(13-11-25)39-20-23-8-6-9-24(18-23)29-21(2)16-27(17-22(29)3)38-14-7-15-40(4,33)34/h6,8-13,16-18H,5,7,14-15,19-20H2,1-4H3,(H2,30,35,36). The monoisotopic (exact) mass is 604 g/mol. The molecule has 0 aromatic heterocycles. The van der Waals surface area contributed by atoms with Crippen molar-refractivity contribution in [3.05, 3.63) is 77.4 Å². The molecule has 0 bridgehead atoms. The molecule has 12 heteroatoms. The maximum absolute atomic E-state index is 12.0. The summed E-state index contributed by atoms with van der Waals surface area (Å²) in [7, 11) is -7.21. The maximum atomic E-state index is 12.0. The van der Waals surface area contributed by atoms with Crippen LogP contribution in [0.4, 0.5) is 5.69 Å². The number of anilines is 1. The molecule has 0 unspecified atom stereocenters. The number of hydrogen-bond acceptors (Lipinski definition) is 8. The average Bonchev–Trinajstić information content (AvgIpc) is 2.88. The van der Waals surface area contributed by atoms with Gasteiger partial charge in [0.15, 0.2) is 0 Å². The van der Waals surface area contributed by atoms with Gasteiger partial charge < -0.3 is 14.2 Å². The van der Waals surface area contributed by atoms with Crippen LogP contribution in [0.1, 0.15) is 30.0 Å². The lowest BCUT2D eigenvalue weighted by Gasteiger charge is -2.21. The van der Waals surface area contributed by atoms with Crippen LogP contribution in [0.15, 0.2) is 60.7 Å². The normalized spacial score (nSPS) is 11.6. The molecule has 0 radical (unpaired) electrons. The highest BCUT2D eigenvalue weighted by atomic mass is 32.2. The third kappa shape index (κ3) is 9.76. The molecule has 41 heavy (non-hydrogen) atoms. The van der Waals surface area contributed by atoms with Crippen molar-refractivity contribution in [1.82, 2.24) is 0 Å². The number of nitrogens with two attached hydrogens (primary N) is 1. The summed E-state index contributed by atoms with van der Waals surface area (Å²) in [5.41, 5.74) is 5.29. The van der Waals surface area contributed by atoms with Crippen molar-refractivity contribution in [2.75, 3.05) is 36.1 Å². The lowest BCUT2D eigenvalue weighted by molar-refractivity contribution is -0.141. The van der Waals surface area contributed by atoms with Crippen LogP contribution in [0, 0.1) is 13.8 Å². The minimum absolute atomic E-state index is 0.0889. The molecule has 0 saturated carbocycles. The van der Waals surface area contributed by atoms with Crippen molar-refractivity contribution in [3.8, 4) is 22.6 Å². The van der Waals surface area contributed by atoms with Gasteiger partial charge in [-0.2, -0.15) is 8.42 Å². The molecule has 3 aromatic carbocycles. The number of hydrogen-bond donors (Lipinski definition) is 1. The van der Waals surface area contributed by atoms with Crippen molar-refractivity contribution in [3.63, 3.8) is 0 Å². The lowest BCUT2D eigenvalue weighted by Crippen LogP contribution is -2.40. The van der Waals surface area contributed by atoms with E-state index in [1.165, 1.54) is 18.4 Å². The first-order valence-corrected chi connectivity index (χ1v) is 16.5. The zero-order valence-electron chi connectivity index (χ0n) is 23.6. The van der Waals surface area contributed by atoms with Gasteiger partial charge in [0.25, 0.3) is 10.2 Å². The second kappa shape index (κ2) is 13.8. The molecule has 0 aliphatic rings. The van der Waals surface area contributed by atoms with E-state index < -0.39 is 32.6 Å². The number of aryl methyl sites for hydroxylation is 2. The fourth-order valence-electron chi connectivity index (χ4n) is 4.32. The largest absolute Gasteiger partial charge is 0.494 e. The number of esters is 1. The van der Waals surface area contributed by atoms with Crippen molar-refractivity contribution in [2.45, 2.75) is 33.8 Å². The second-order valence-corrected chi connectivity index (χ2v) is 13.3. The summed E-state index contributed by atoms with van der Waals surface area (Å²) >= 11 is 0. The van der Waals surface area contributed by atoms with Crippen LogP contribution in [0.25, 0.3) is 11.1 Å². The fourth-order valence-corrected chi connectivity index (χ4v) is 5.66. The first-order chi connectivity index (χ1) is 19.3. The molecular formula is C29H36N2O8S2. The molecule has 0 amide bonds. The molecule has 0 spiro atoms. The molecule has 222 valence electrons. The zero-order valence-corrected chi connectivity index (χ0v) is 25.3. The molecule has 0 saturated heterocycles. The Hall–Kier alpha value is -3.61. The smallest absolute Gasteiger partial charge is 0.326 e. The van der Waals surface area contributed by atoms with Crippen LogP contribution in [0.3, 0.4) is 0 Å². The van der Waals surface area contributed by atoms with Crippen LogP contribution in [-0.4, -0.2) is 54.6 Å². The van der Waals surface area contributed by atoms with Crippen molar-refractivity contribution < 1.29 is 35.8 Å². The van der Waals surface area contributed by atoms with Gasteiger partial charge in [0.2, 0.25) is 0 Å². The van der Waals surface area contributed by atoms with E-state index in [1.807, 2.05) is 50.2 Å². The number of nitrogens with zero attached hydrogens (tertiary/aromatic N) is 1. The Morgan fingerprint density at radius 2 is 1.56 bits per heavy atom. The first-order valence-electron chi connectivity index (χ1n) is 13.0. The molecule has 0 heterocycles. The molecule has 0 fully saturated rings. The highest BCUT2D eigenvalue weighted by Gasteiger charge is 2.22. The van der Waals surface area contributed by atoms with Crippen LogP contribution in [0.5, 0.6) is 11.5 Å². The van der Waals surface area contributed by atoms with Gasteiger partial charge >= 0.3 is 5.97 Å². The molecule has 0 aliphatic heterocycles. The van der Waals surface area contributed by atoms with Crippen LogP contribution < -0.4 is 18.9 Å². The molecule has 0 aliphatic carbocycles. The van der Waals surface area contributed by atoms with Crippen LogP contribution in [-0.2, 0) is 36.2 Å². The molecule has 3 aromatic rings. The Morgan fingerprint density at radius 3 is 2.15 bits per heavy atom. The van der Waals surface area contributed by atoms with E-state index in [9.17, 15) is 21.6 Å². The summed E-state index contributed by atoms with van der Waals surface area (Å²) < 4.78 is 64.0. The fraction of sp³-hybridized carbons (Fsp3) is 0.345. The summed E-state index contributed by atoms with van der Waals surface area (Å²) in [5.74, 6) is 0.586. The molecular weight excluding hydrogens is 568 g/mol. The van der Waals surface area contributed by atoms with E-state index in [-0.39, 0.29) is 24.7 Å². The molecule has 3 rings (SSSR count). The summed E-state index contributed by atoms with van der Waals surface area (Å²) in [4.78, 5) is 11.8. The molecule has 2 N–H and O–H groups in total. The second-order valence-electron chi connectivity index (χ2n) is 9.60. The minimum Gasteiger partial charge on any atom is -0.494 e. The van der Waals surface area contributed by atoms with Gasteiger partial charge in [0, 0.05) is 6.26 Å². The summed E-state index contributed by atoms with van der Waals surface area (Å²) in [6.07, 6.45) is 1.65. The van der Waals surface area contributed by atoms with E-state index >= 15 is 0 Å². The highest BCUT2D eigenvalue weighted by molar-refractivity contribution is 7.90. The summed E-state index contributed by atoms with van der Waals surface area (Å²) in [6, 6.07) is 18.1. The maximum Gasteiger partial charge on any atom is 0.326 e. The minimum atomic E-state index is -4.19. The van der Waals surface area contributed by atoms with E-state index in [4.69, 9.17) is 19.3 Å². The Kier molecular flexibility index (Phi) is 10.8. The van der Waals surface area contributed by atoms with Gasteiger partial charge in [0.05, 0.1) is 24.7 Å². The van der Waals surface area contributed by atoms with Crippen molar-refractivity contribution in [2.24, 2.45) is 5.14 Å². The van der Waals surface area contributed by atoms with E-state index in [0.717, 1.165) is 32.1 Å². The van der Waals surface area contributed by atoms with Crippen LogP contribution >= 0.6 is 0 Å². The third-order valence-electron chi connectivity index (χ3n) is 6.07. The number of sulfone groups is 1. The lowest BCUT2D eigenvalue weighted by atomic mass is 9.94. The number of rotatable bonds is 14. The van der Waals surface area contributed by atoms with Crippen molar-refractivity contribution in [1.29, 1.82) is 0 Å². The summed E-state index contributed by atoms with van der Waals surface area (Å²) in [5, 5.41) is 5.29. The Balaban J connectivity index is 1.68. The van der Waals surface area contributed by atoms with Gasteiger partial charge in [-0.1, -0.05) is 18.2 Å². The zero-order chi connectivity index (χ0) is 30.2. The third-order valence-corrected chi connectivity index (χ3v) is 8.05. The predicted octanol–water partition coefficient (Wildman–Crippen LogP) is 3.94. The number of carbonyl (C=O) groups excluding carboxylic acids is 1. The quantitative estimate of drug-likeness (QED) is 0.215.